The number of fused-ring (bicyclic) bond motifs is 14. The predicted molar refractivity (Wildman–Crippen MR) is 331 cm³/mol. The molecule has 0 aliphatic rings. The zero-order chi connectivity index (χ0) is 53.6. The molecular formula is C73H58N2O4. The minimum absolute atomic E-state index is 0.0546. The highest BCUT2D eigenvalue weighted by Crippen LogP contribution is 2.48. The number of para-hydroxylation sites is 4. The van der Waals surface area contributed by atoms with E-state index in [4.69, 9.17) is 17.7 Å². The smallest absolute Gasteiger partial charge is 0.142 e. The molecule has 4 heterocycles. The van der Waals surface area contributed by atoms with E-state index >= 15 is 0 Å². The first-order chi connectivity index (χ1) is 38.2. The molecule has 11 aromatic carbocycles. The zero-order valence-corrected chi connectivity index (χ0v) is 45.7. The standard InChI is InChI=1S/C73H58N2O4/c1-42(2)67-70-59(55-35-43-25-27-49(33-45(43)37-65(55)78-70)74(47-17-11-9-12-18-47)51-29-31-63-57(39-51)53-21-15-23-61(68(53)76-63)72(3,4)5)41-60-56-36-44-26-28-50(34-46(44)38-66(56)79-71(60)67)75(48-19-13-10-14-20-48)52-30-32-64-58(40-52)54-22-16-24-62(69(54)77-64)73(6,7)8/h9-42H,1-8H3. The fraction of sp³-hybridized carbons (Fsp3) is 0.151. The second-order valence-electron chi connectivity index (χ2n) is 23.9. The maximum Gasteiger partial charge on any atom is 0.142 e. The van der Waals surface area contributed by atoms with E-state index in [-0.39, 0.29) is 16.7 Å². The van der Waals surface area contributed by atoms with Gasteiger partial charge in [-0.3, -0.25) is 0 Å². The lowest BCUT2D eigenvalue weighted by atomic mass is 9.86. The van der Waals surface area contributed by atoms with Gasteiger partial charge in [-0.15, -0.1) is 0 Å². The van der Waals surface area contributed by atoms with Gasteiger partial charge in [0, 0.05) is 93.9 Å². The number of benzene rings is 11. The van der Waals surface area contributed by atoms with E-state index in [1.54, 1.807) is 0 Å². The van der Waals surface area contributed by atoms with Crippen molar-refractivity contribution in [2.45, 2.75) is 72.1 Å². The summed E-state index contributed by atoms with van der Waals surface area (Å²) in [5.74, 6) is 0.127. The Balaban J connectivity index is 0.834. The molecule has 6 heteroatoms. The molecule has 0 aliphatic carbocycles. The van der Waals surface area contributed by atoms with Crippen LogP contribution in [0.4, 0.5) is 34.1 Å². The van der Waals surface area contributed by atoms with Crippen LogP contribution in [-0.4, -0.2) is 0 Å². The van der Waals surface area contributed by atoms with Crippen molar-refractivity contribution in [2.24, 2.45) is 0 Å². The summed E-state index contributed by atoms with van der Waals surface area (Å²) in [5, 5.41) is 13.3. The van der Waals surface area contributed by atoms with E-state index in [9.17, 15) is 0 Å². The van der Waals surface area contributed by atoms with E-state index in [2.05, 4.69) is 265 Å². The van der Waals surface area contributed by atoms with Crippen molar-refractivity contribution >= 4 is 143 Å². The Labute approximate surface area is 457 Å². The molecule has 0 fully saturated rings. The van der Waals surface area contributed by atoms with Gasteiger partial charge in [-0.05, 0) is 154 Å². The molecule has 0 N–H and O–H groups in total. The first kappa shape index (κ1) is 47.0. The molecule has 79 heavy (non-hydrogen) atoms. The number of anilines is 6. The van der Waals surface area contributed by atoms with Gasteiger partial charge < -0.3 is 27.5 Å². The maximum atomic E-state index is 7.01. The summed E-state index contributed by atoms with van der Waals surface area (Å²) in [5.41, 5.74) is 16.8. The number of hydrogen-bond donors (Lipinski definition) is 0. The second kappa shape index (κ2) is 17.1. The minimum Gasteiger partial charge on any atom is -0.456 e. The van der Waals surface area contributed by atoms with E-state index in [0.29, 0.717) is 0 Å². The molecule has 0 aliphatic heterocycles. The summed E-state index contributed by atoms with van der Waals surface area (Å²) >= 11 is 0. The van der Waals surface area contributed by atoms with Gasteiger partial charge >= 0.3 is 0 Å². The average Bonchev–Trinajstić information content (AvgIpc) is 3.89. The van der Waals surface area contributed by atoms with Gasteiger partial charge in [0.25, 0.3) is 0 Å². The molecule has 0 spiro atoms. The van der Waals surface area contributed by atoms with Crippen molar-refractivity contribution in [1.29, 1.82) is 0 Å². The topological polar surface area (TPSA) is 59.0 Å². The molecule has 15 rings (SSSR count). The summed E-state index contributed by atoms with van der Waals surface area (Å²) in [6.07, 6.45) is 0. The van der Waals surface area contributed by atoms with Crippen molar-refractivity contribution in [3.8, 4) is 0 Å². The fourth-order valence-corrected chi connectivity index (χ4v) is 12.5. The van der Waals surface area contributed by atoms with Gasteiger partial charge in [0.2, 0.25) is 0 Å². The van der Waals surface area contributed by atoms with Crippen LogP contribution in [0.2, 0.25) is 0 Å². The normalized spacial score (nSPS) is 12.7. The van der Waals surface area contributed by atoms with Crippen molar-refractivity contribution in [1.82, 2.24) is 0 Å². The number of nitrogens with zero attached hydrogens (tertiary/aromatic N) is 2. The Morgan fingerprint density at radius 3 is 1.10 bits per heavy atom. The molecule has 6 nitrogen and oxygen atoms in total. The molecule has 15 aromatic rings. The van der Waals surface area contributed by atoms with Crippen molar-refractivity contribution in [3.63, 3.8) is 0 Å². The molecular weight excluding hydrogens is 969 g/mol. The van der Waals surface area contributed by atoms with Crippen molar-refractivity contribution in [3.05, 3.63) is 217 Å². The quantitative estimate of drug-likeness (QED) is 0.159. The van der Waals surface area contributed by atoms with Crippen LogP contribution in [0.15, 0.2) is 218 Å². The van der Waals surface area contributed by atoms with E-state index in [1.807, 2.05) is 0 Å². The van der Waals surface area contributed by atoms with E-state index in [1.165, 1.54) is 11.1 Å². The highest BCUT2D eigenvalue weighted by Gasteiger charge is 2.26. The van der Waals surface area contributed by atoms with Crippen molar-refractivity contribution < 1.29 is 17.7 Å². The van der Waals surface area contributed by atoms with E-state index in [0.717, 1.165) is 149 Å². The van der Waals surface area contributed by atoms with Crippen LogP contribution in [0.5, 0.6) is 0 Å². The van der Waals surface area contributed by atoms with Crippen LogP contribution in [0.3, 0.4) is 0 Å². The zero-order valence-electron chi connectivity index (χ0n) is 45.7. The third-order valence-corrected chi connectivity index (χ3v) is 16.3. The molecule has 0 bridgehead atoms. The minimum atomic E-state index is -0.0546. The lowest BCUT2D eigenvalue weighted by Crippen LogP contribution is -2.10. The monoisotopic (exact) mass is 1030 g/mol. The Kier molecular flexibility index (Phi) is 10.2. The van der Waals surface area contributed by atoms with Gasteiger partial charge in [-0.25, -0.2) is 0 Å². The Hall–Kier alpha value is -9.26. The van der Waals surface area contributed by atoms with Gasteiger partial charge in [0.1, 0.15) is 44.7 Å². The summed E-state index contributed by atoms with van der Waals surface area (Å²) < 4.78 is 27.2. The molecule has 0 amide bonds. The summed E-state index contributed by atoms with van der Waals surface area (Å²) in [4.78, 5) is 4.67. The number of hydrogen-bond acceptors (Lipinski definition) is 6. The predicted octanol–water partition coefficient (Wildman–Crippen LogP) is 22.2. The number of furan rings is 4. The molecule has 0 radical (unpaired) electrons. The summed E-state index contributed by atoms with van der Waals surface area (Å²) in [6, 6.07) is 72.2. The maximum absolute atomic E-state index is 7.01. The fourth-order valence-electron chi connectivity index (χ4n) is 12.5. The summed E-state index contributed by atoms with van der Waals surface area (Å²) in [6.45, 7) is 17.9. The van der Waals surface area contributed by atoms with Crippen LogP contribution in [0.1, 0.15) is 78.0 Å². The average molecular weight is 1030 g/mol. The molecule has 4 aromatic heterocycles. The van der Waals surface area contributed by atoms with Crippen LogP contribution < -0.4 is 9.80 Å². The first-order valence-corrected chi connectivity index (χ1v) is 27.6. The second-order valence-corrected chi connectivity index (χ2v) is 23.9. The molecule has 0 saturated heterocycles. The first-order valence-electron chi connectivity index (χ1n) is 27.6. The number of rotatable bonds is 7. The van der Waals surface area contributed by atoms with Crippen LogP contribution in [0.25, 0.3) is 109 Å². The van der Waals surface area contributed by atoms with Crippen LogP contribution in [0, 0.1) is 0 Å². The van der Waals surface area contributed by atoms with Crippen LogP contribution >= 0.6 is 0 Å². The Morgan fingerprint density at radius 2 is 0.684 bits per heavy atom. The van der Waals surface area contributed by atoms with Gasteiger partial charge in [-0.2, -0.15) is 0 Å². The van der Waals surface area contributed by atoms with E-state index < -0.39 is 0 Å². The highest BCUT2D eigenvalue weighted by molar-refractivity contribution is 6.20. The Morgan fingerprint density at radius 1 is 0.291 bits per heavy atom. The lowest BCUT2D eigenvalue weighted by Gasteiger charge is -2.26. The largest absolute Gasteiger partial charge is 0.456 e. The third kappa shape index (κ3) is 7.45. The molecule has 0 atom stereocenters. The highest BCUT2D eigenvalue weighted by atomic mass is 16.3. The van der Waals surface area contributed by atoms with Crippen molar-refractivity contribution in [2.75, 3.05) is 9.80 Å². The van der Waals surface area contributed by atoms with Gasteiger partial charge in [0.05, 0.1) is 0 Å². The SMILES string of the molecule is CC(C)c1c2oc3cc4cc(N(c5ccccc5)c5ccc6oc7c(C(C)(C)C)cccc7c6c5)ccc4cc3c2cc2c1oc1cc3cc(N(c4ccccc4)c4ccc5oc6c(C(C)(C)C)cccc6c5c4)ccc3cc12. The summed E-state index contributed by atoms with van der Waals surface area (Å²) in [7, 11) is 0. The van der Waals surface area contributed by atoms with Crippen LogP contribution in [-0.2, 0) is 10.8 Å². The Bertz CT molecular complexity index is 4650. The molecule has 0 unspecified atom stereocenters. The molecule has 384 valence electrons. The van der Waals surface area contributed by atoms with Gasteiger partial charge in [0.15, 0.2) is 0 Å². The van der Waals surface area contributed by atoms with Gasteiger partial charge in [-0.1, -0.05) is 140 Å². The lowest BCUT2D eigenvalue weighted by molar-refractivity contribution is 0.572. The third-order valence-electron chi connectivity index (χ3n) is 16.3. The molecule has 0 saturated carbocycles.